The van der Waals surface area contributed by atoms with Gasteiger partial charge in [-0.25, -0.2) is 4.98 Å². The largest absolute Gasteiger partial charge is 0.394 e. The van der Waals surface area contributed by atoms with Gasteiger partial charge in [0.2, 0.25) is 5.95 Å². The summed E-state index contributed by atoms with van der Waals surface area (Å²) in [6.45, 7) is 4.44. The first-order valence-corrected chi connectivity index (χ1v) is 8.34. The number of benzene rings is 1. The number of nitrogens with zero attached hydrogens (tertiary/aromatic N) is 2. The molecule has 1 saturated heterocycles. The summed E-state index contributed by atoms with van der Waals surface area (Å²) in [7, 11) is 0. The van der Waals surface area contributed by atoms with Gasteiger partial charge in [-0.05, 0) is 18.1 Å². The Morgan fingerprint density at radius 1 is 1.33 bits per heavy atom. The predicted molar refractivity (Wildman–Crippen MR) is 91.1 cm³/mol. The van der Waals surface area contributed by atoms with Crippen molar-refractivity contribution in [3.63, 3.8) is 0 Å². The average Bonchev–Trinajstić information content (AvgIpc) is 3.05. The number of halogens is 1. The Morgan fingerprint density at radius 2 is 2.08 bits per heavy atom. The van der Waals surface area contributed by atoms with Gasteiger partial charge in [0.05, 0.1) is 17.1 Å². The van der Waals surface area contributed by atoms with Gasteiger partial charge < -0.3 is 25.4 Å². The summed E-state index contributed by atoms with van der Waals surface area (Å²) in [5.41, 5.74) is 1.27. The highest BCUT2D eigenvalue weighted by molar-refractivity contribution is 6.35. The highest BCUT2D eigenvalue weighted by atomic mass is 35.5. The van der Waals surface area contributed by atoms with E-state index in [1.807, 2.05) is 6.07 Å². The van der Waals surface area contributed by atoms with Crippen LogP contribution in [0.1, 0.15) is 20.1 Å². The molecule has 0 saturated carbocycles. The van der Waals surface area contributed by atoms with Crippen LogP contribution in [-0.2, 0) is 4.74 Å². The lowest BCUT2D eigenvalue weighted by atomic mass is 10.1. The van der Waals surface area contributed by atoms with Crippen molar-refractivity contribution in [1.29, 1.82) is 0 Å². The van der Waals surface area contributed by atoms with Crippen molar-refractivity contribution in [3.05, 3.63) is 23.2 Å². The van der Waals surface area contributed by atoms with E-state index in [0.29, 0.717) is 34.5 Å². The lowest BCUT2D eigenvalue weighted by Crippen LogP contribution is -2.33. The molecule has 24 heavy (non-hydrogen) atoms. The zero-order valence-electron chi connectivity index (χ0n) is 13.6. The van der Waals surface area contributed by atoms with Crippen molar-refractivity contribution < 1.29 is 20.1 Å². The molecule has 7 nitrogen and oxygen atoms in total. The average molecular weight is 356 g/mol. The van der Waals surface area contributed by atoms with E-state index in [-0.39, 0.29) is 6.61 Å². The molecule has 1 aliphatic rings. The van der Waals surface area contributed by atoms with Gasteiger partial charge in [0.25, 0.3) is 0 Å². The van der Waals surface area contributed by atoms with Gasteiger partial charge in [0.15, 0.2) is 6.23 Å². The van der Waals surface area contributed by atoms with Gasteiger partial charge in [-0.15, -0.1) is 0 Å². The van der Waals surface area contributed by atoms with Crippen LogP contribution in [0.25, 0.3) is 11.0 Å². The van der Waals surface area contributed by atoms with Crippen LogP contribution in [0.5, 0.6) is 0 Å². The second-order valence-corrected chi connectivity index (χ2v) is 6.82. The number of hydrogen-bond acceptors (Lipinski definition) is 6. The second-order valence-electron chi connectivity index (χ2n) is 6.42. The first-order valence-electron chi connectivity index (χ1n) is 7.96. The van der Waals surface area contributed by atoms with Crippen LogP contribution in [0.3, 0.4) is 0 Å². The maximum absolute atomic E-state index is 10.4. The van der Waals surface area contributed by atoms with Gasteiger partial charge in [0.1, 0.15) is 23.8 Å². The number of para-hydroxylation sites is 1. The third-order valence-corrected chi connectivity index (χ3v) is 4.42. The SMILES string of the molecule is CC(C)CNc1nc2c(Cl)cccc2n1[C@H]1O[C@@H](CO)[C@H](O)[C@@H]1O. The van der Waals surface area contributed by atoms with Crippen molar-refractivity contribution in [2.45, 2.75) is 38.4 Å². The lowest BCUT2D eigenvalue weighted by Gasteiger charge is -2.20. The maximum Gasteiger partial charge on any atom is 0.206 e. The Labute approximate surface area is 144 Å². The van der Waals surface area contributed by atoms with Crippen molar-refractivity contribution >= 4 is 28.6 Å². The molecular formula is C16H22ClN3O4. The van der Waals surface area contributed by atoms with Gasteiger partial charge in [0, 0.05) is 6.54 Å². The molecular weight excluding hydrogens is 334 g/mol. The molecule has 1 aromatic carbocycles. The molecule has 0 aliphatic carbocycles. The van der Waals surface area contributed by atoms with Crippen molar-refractivity contribution in [2.24, 2.45) is 5.92 Å². The zero-order chi connectivity index (χ0) is 17.4. The second kappa shape index (κ2) is 6.85. The monoisotopic (exact) mass is 355 g/mol. The van der Waals surface area contributed by atoms with E-state index >= 15 is 0 Å². The van der Waals surface area contributed by atoms with Crippen LogP contribution in [0.15, 0.2) is 18.2 Å². The number of ether oxygens (including phenoxy) is 1. The smallest absolute Gasteiger partial charge is 0.206 e. The van der Waals surface area contributed by atoms with E-state index in [0.717, 1.165) is 0 Å². The summed E-state index contributed by atoms with van der Waals surface area (Å²) in [6, 6.07) is 5.35. The van der Waals surface area contributed by atoms with Crippen LogP contribution >= 0.6 is 11.6 Å². The van der Waals surface area contributed by atoms with Gasteiger partial charge in [-0.2, -0.15) is 0 Å². The highest BCUT2D eigenvalue weighted by Crippen LogP contribution is 2.36. The van der Waals surface area contributed by atoms with Crippen molar-refractivity contribution in [3.8, 4) is 0 Å². The van der Waals surface area contributed by atoms with Crippen molar-refractivity contribution in [2.75, 3.05) is 18.5 Å². The Morgan fingerprint density at radius 3 is 2.71 bits per heavy atom. The molecule has 0 unspecified atom stereocenters. The number of rotatable bonds is 5. The molecule has 3 rings (SSSR count). The first-order chi connectivity index (χ1) is 11.4. The zero-order valence-corrected chi connectivity index (χ0v) is 14.3. The molecule has 8 heteroatoms. The maximum atomic E-state index is 10.4. The molecule has 1 aliphatic heterocycles. The summed E-state index contributed by atoms with van der Waals surface area (Å²) < 4.78 is 7.35. The highest BCUT2D eigenvalue weighted by Gasteiger charge is 2.44. The van der Waals surface area contributed by atoms with E-state index in [9.17, 15) is 15.3 Å². The van der Waals surface area contributed by atoms with Crippen LogP contribution in [0.4, 0.5) is 5.95 Å². The molecule has 0 radical (unpaired) electrons. The van der Waals surface area contributed by atoms with Crippen molar-refractivity contribution in [1.82, 2.24) is 9.55 Å². The third-order valence-electron chi connectivity index (χ3n) is 4.11. The normalized spacial score (nSPS) is 27.3. The Bertz CT molecular complexity index is 721. The van der Waals surface area contributed by atoms with Crippen LogP contribution < -0.4 is 5.32 Å². The standard InChI is InChI=1S/C16H22ClN3O4/c1-8(2)6-18-16-19-12-9(17)4-3-5-10(12)20(16)15-14(23)13(22)11(7-21)24-15/h3-5,8,11,13-15,21-23H,6-7H2,1-2H3,(H,18,19)/t11-,13-,14-,15-/m0/s1. The molecule has 2 aromatic rings. The summed E-state index contributed by atoms with van der Waals surface area (Å²) in [5.74, 6) is 0.889. The Balaban J connectivity index is 2.07. The number of nitrogens with one attached hydrogen (secondary N) is 1. The molecule has 1 aromatic heterocycles. The molecule has 0 amide bonds. The van der Waals surface area contributed by atoms with E-state index in [4.69, 9.17) is 16.3 Å². The fraction of sp³-hybridized carbons (Fsp3) is 0.562. The molecule has 4 N–H and O–H groups in total. The van der Waals surface area contributed by atoms with Crippen LogP contribution in [-0.4, -0.2) is 56.3 Å². The minimum absolute atomic E-state index is 0.378. The van der Waals surface area contributed by atoms with Gasteiger partial charge >= 0.3 is 0 Å². The minimum atomic E-state index is -1.18. The fourth-order valence-electron chi connectivity index (χ4n) is 2.85. The third kappa shape index (κ3) is 2.98. The van der Waals surface area contributed by atoms with Crippen LogP contribution in [0, 0.1) is 5.92 Å². The van der Waals surface area contributed by atoms with Gasteiger partial charge in [-0.3, -0.25) is 4.57 Å². The number of hydrogen-bond donors (Lipinski definition) is 4. The van der Waals surface area contributed by atoms with Gasteiger partial charge in [-0.1, -0.05) is 31.5 Å². The Hall–Kier alpha value is -1.38. The molecule has 0 bridgehead atoms. The predicted octanol–water partition coefficient (Wildman–Crippen LogP) is 1.37. The summed E-state index contributed by atoms with van der Waals surface area (Å²) in [6.07, 6.45) is -4.07. The molecule has 132 valence electrons. The molecule has 1 fully saturated rings. The topological polar surface area (TPSA) is 99.8 Å². The molecule has 2 heterocycles. The number of aliphatic hydroxyl groups is 3. The van der Waals surface area contributed by atoms with E-state index < -0.39 is 24.5 Å². The van der Waals surface area contributed by atoms with E-state index in [1.54, 1.807) is 16.7 Å². The number of aromatic nitrogens is 2. The fourth-order valence-corrected chi connectivity index (χ4v) is 3.07. The summed E-state index contributed by atoms with van der Waals surface area (Å²) in [5, 5.41) is 33.5. The number of aliphatic hydroxyl groups excluding tert-OH is 3. The number of anilines is 1. The summed E-state index contributed by atoms with van der Waals surface area (Å²) >= 11 is 6.24. The van der Waals surface area contributed by atoms with Crippen LogP contribution in [0.2, 0.25) is 5.02 Å². The minimum Gasteiger partial charge on any atom is -0.394 e. The quantitative estimate of drug-likeness (QED) is 0.646. The van der Waals surface area contributed by atoms with E-state index in [1.165, 1.54) is 0 Å². The number of fused-ring (bicyclic) bond motifs is 1. The number of imidazole rings is 1. The van der Waals surface area contributed by atoms with E-state index in [2.05, 4.69) is 24.1 Å². The Kier molecular flexibility index (Phi) is 4.98. The molecule has 0 spiro atoms. The first kappa shape index (κ1) is 17.4. The summed E-state index contributed by atoms with van der Waals surface area (Å²) in [4.78, 5) is 4.52. The lowest BCUT2D eigenvalue weighted by molar-refractivity contribution is -0.0499. The molecule has 4 atom stereocenters.